The SMILES string of the molecule is CC1(C)Cc2nc(-c3ccccc3)nc(SCCCc3ccccc3)c2CO1. The van der Waals surface area contributed by atoms with Crippen molar-refractivity contribution in [2.24, 2.45) is 0 Å². The Labute approximate surface area is 171 Å². The smallest absolute Gasteiger partial charge is 0.160 e. The third kappa shape index (κ3) is 4.62. The van der Waals surface area contributed by atoms with Crippen molar-refractivity contribution in [2.45, 2.75) is 50.3 Å². The fraction of sp³-hybridized carbons (Fsp3) is 0.333. The second-order valence-corrected chi connectivity index (χ2v) is 8.89. The number of ether oxygens (including phenoxy) is 1. The van der Waals surface area contributed by atoms with Gasteiger partial charge in [-0.25, -0.2) is 9.97 Å². The number of aromatic nitrogens is 2. The maximum atomic E-state index is 6.06. The summed E-state index contributed by atoms with van der Waals surface area (Å²) in [5.41, 5.74) is 4.59. The minimum atomic E-state index is -0.176. The molecular weight excluding hydrogens is 364 g/mol. The van der Waals surface area contributed by atoms with Crippen LogP contribution < -0.4 is 0 Å². The van der Waals surface area contributed by atoms with Crippen molar-refractivity contribution >= 4 is 11.8 Å². The number of hydrogen-bond donors (Lipinski definition) is 0. The molecule has 4 rings (SSSR count). The van der Waals surface area contributed by atoms with E-state index in [1.165, 1.54) is 11.1 Å². The van der Waals surface area contributed by atoms with E-state index in [2.05, 4.69) is 56.3 Å². The van der Waals surface area contributed by atoms with Crippen LogP contribution in [0.3, 0.4) is 0 Å². The van der Waals surface area contributed by atoms with Crippen LogP contribution in [0.1, 0.15) is 37.1 Å². The first-order valence-electron chi connectivity index (χ1n) is 9.87. The van der Waals surface area contributed by atoms with E-state index in [-0.39, 0.29) is 5.60 Å². The summed E-state index contributed by atoms with van der Waals surface area (Å²) >= 11 is 1.83. The topological polar surface area (TPSA) is 35.0 Å². The van der Waals surface area contributed by atoms with E-state index in [0.717, 1.165) is 47.1 Å². The Balaban J connectivity index is 1.55. The zero-order valence-electron chi connectivity index (χ0n) is 16.5. The monoisotopic (exact) mass is 390 g/mol. The van der Waals surface area contributed by atoms with E-state index in [1.54, 1.807) is 0 Å². The molecule has 0 fully saturated rings. The van der Waals surface area contributed by atoms with Gasteiger partial charge in [0.2, 0.25) is 0 Å². The molecule has 1 aliphatic heterocycles. The van der Waals surface area contributed by atoms with Crippen molar-refractivity contribution in [3.63, 3.8) is 0 Å². The number of benzene rings is 2. The average Bonchev–Trinajstić information content (AvgIpc) is 2.71. The highest BCUT2D eigenvalue weighted by Crippen LogP contribution is 2.34. The molecule has 2 heterocycles. The molecule has 28 heavy (non-hydrogen) atoms. The van der Waals surface area contributed by atoms with Crippen LogP contribution in [0.2, 0.25) is 0 Å². The van der Waals surface area contributed by atoms with Gasteiger partial charge in [0, 0.05) is 17.5 Å². The predicted octanol–water partition coefficient (Wildman–Crippen LogP) is 5.72. The number of rotatable bonds is 6. The van der Waals surface area contributed by atoms with Crippen LogP contribution >= 0.6 is 11.8 Å². The van der Waals surface area contributed by atoms with Crippen molar-refractivity contribution in [1.29, 1.82) is 0 Å². The molecule has 144 valence electrons. The Kier molecular flexibility index (Phi) is 5.79. The van der Waals surface area contributed by atoms with Gasteiger partial charge in [0.15, 0.2) is 5.82 Å². The first-order valence-corrected chi connectivity index (χ1v) is 10.9. The lowest BCUT2D eigenvalue weighted by atomic mass is 9.96. The number of fused-ring (bicyclic) bond motifs is 1. The number of hydrogen-bond acceptors (Lipinski definition) is 4. The number of aryl methyl sites for hydroxylation is 1. The Morgan fingerprint density at radius 3 is 2.43 bits per heavy atom. The standard InChI is InChI=1S/C24H26N2OS/c1-24(2)16-21-20(17-27-24)23(26-22(25-21)19-13-7-4-8-14-19)28-15-9-12-18-10-5-3-6-11-18/h3-8,10-11,13-14H,9,12,15-17H2,1-2H3. The molecule has 0 N–H and O–H groups in total. The van der Waals surface area contributed by atoms with Crippen molar-refractivity contribution < 1.29 is 4.74 Å². The van der Waals surface area contributed by atoms with E-state index in [0.29, 0.717) is 6.61 Å². The Hall–Kier alpha value is -2.17. The normalized spacial score (nSPS) is 15.2. The van der Waals surface area contributed by atoms with Gasteiger partial charge in [-0.05, 0) is 38.0 Å². The summed E-state index contributed by atoms with van der Waals surface area (Å²) in [5.74, 6) is 1.86. The fourth-order valence-electron chi connectivity index (χ4n) is 3.45. The molecule has 4 heteroatoms. The van der Waals surface area contributed by atoms with Crippen molar-refractivity contribution in [3.8, 4) is 11.4 Å². The Bertz CT molecular complexity index is 926. The van der Waals surface area contributed by atoms with Crippen molar-refractivity contribution in [1.82, 2.24) is 9.97 Å². The summed E-state index contributed by atoms with van der Waals surface area (Å²) in [7, 11) is 0. The van der Waals surface area contributed by atoms with Crippen LogP contribution in [0.4, 0.5) is 0 Å². The third-order valence-electron chi connectivity index (χ3n) is 4.98. The quantitative estimate of drug-likeness (QED) is 0.306. The molecule has 0 saturated heterocycles. The molecular formula is C24H26N2OS. The van der Waals surface area contributed by atoms with Gasteiger partial charge in [0.25, 0.3) is 0 Å². The Morgan fingerprint density at radius 1 is 0.964 bits per heavy atom. The van der Waals surface area contributed by atoms with E-state index in [1.807, 2.05) is 30.0 Å². The molecule has 0 radical (unpaired) electrons. The van der Waals surface area contributed by atoms with Crippen LogP contribution in [-0.4, -0.2) is 21.3 Å². The predicted molar refractivity (Wildman–Crippen MR) is 116 cm³/mol. The molecule has 1 aliphatic rings. The van der Waals surface area contributed by atoms with Gasteiger partial charge in [-0.3, -0.25) is 0 Å². The van der Waals surface area contributed by atoms with Crippen LogP contribution in [-0.2, 0) is 24.2 Å². The minimum Gasteiger partial charge on any atom is -0.370 e. The van der Waals surface area contributed by atoms with Gasteiger partial charge in [-0.15, -0.1) is 11.8 Å². The fourth-order valence-corrected chi connectivity index (χ4v) is 4.43. The Morgan fingerprint density at radius 2 is 1.68 bits per heavy atom. The summed E-state index contributed by atoms with van der Waals surface area (Å²) in [6.07, 6.45) is 3.04. The van der Waals surface area contributed by atoms with Crippen LogP contribution in [0.15, 0.2) is 65.7 Å². The lowest BCUT2D eigenvalue weighted by molar-refractivity contribution is -0.0428. The molecule has 0 amide bonds. The summed E-state index contributed by atoms with van der Waals surface area (Å²) in [6, 6.07) is 20.9. The molecule has 3 nitrogen and oxygen atoms in total. The lowest BCUT2D eigenvalue weighted by Gasteiger charge is -2.32. The summed E-state index contributed by atoms with van der Waals surface area (Å²) in [5, 5.41) is 1.08. The molecule has 0 atom stereocenters. The van der Waals surface area contributed by atoms with Gasteiger partial charge in [0.05, 0.1) is 17.9 Å². The first-order chi connectivity index (χ1) is 13.6. The molecule has 0 aliphatic carbocycles. The molecule has 0 spiro atoms. The molecule has 1 aromatic heterocycles. The molecule has 3 aromatic rings. The van der Waals surface area contributed by atoms with E-state index >= 15 is 0 Å². The molecule has 2 aromatic carbocycles. The summed E-state index contributed by atoms with van der Waals surface area (Å²) in [4.78, 5) is 9.83. The maximum Gasteiger partial charge on any atom is 0.160 e. The van der Waals surface area contributed by atoms with Gasteiger partial charge < -0.3 is 4.74 Å². The summed E-state index contributed by atoms with van der Waals surface area (Å²) in [6.45, 7) is 4.86. The van der Waals surface area contributed by atoms with Crippen LogP contribution in [0, 0.1) is 0 Å². The van der Waals surface area contributed by atoms with E-state index in [4.69, 9.17) is 14.7 Å². The second kappa shape index (κ2) is 8.46. The largest absolute Gasteiger partial charge is 0.370 e. The van der Waals surface area contributed by atoms with E-state index < -0.39 is 0 Å². The average molecular weight is 391 g/mol. The second-order valence-electron chi connectivity index (χ2n) is 7.81. The van der Waals surface area contributed by atoms with Crippen molar-refractivity contribution in [3.05, 3.63) is 77.5 Å². The van der Waals surface area contributed by atoms with Crippen molar-refractivity contribution in [2.75, 3.05) is 5.75 Å². The molecule has 0 bridgehead atoms. The maximum absolute atomic E-state index is 6.06. The highest BCUT2D eigenvalue weighted by atomic mass is 32.2. The highest BCUT2D eigenvalue weighted by Gasteiger charge is 2.30. The molecule has 0 saturated carbocycles. The number of thioether (sulfide) groups is 1. The highest BCUT2D eigenvalue weighted by molar-refractivity contribution is 7.99. The zero-order valence-corrected chi connectivity index (χ0v) is 17.3. The third-order valence-corrected chi connectivity index (χ3v) is 6.08. The van der Waals surface area contributed by atoms with Crippen LogP contribution in [0.25, 0.3) is 11.4 Å². The minimum absolute atomic E-state index is 0.176. The van der Waals surface area contributed by atoms with Gasteiger partial charge in [-0.2, -0.15) is 0 Å². The van der Waals surface area contributed by atoms with E-state index in [9.17, 15) is 0 Å². The first kappa shape index (κ1) is 19.2. The van der Waals surface area contributed by atoms with Gasteiger partial charge >= 0.3 is 0 Å². The lowest BCUT2D eigenvalue weighted by Crippen LogP contribution is -2.33. The van der Waals surface area contributed by atoms with Crippen LogP contribution in [0.5, 0.6) is 0 Å². The number of nitrogens with zero attached hydrogens (tertiary/aromatic N) is 2. The zero-order chi connectivity index (χ0) is 19.4. The summed E-state index contributed by atoms with van der Waals surface area (Å²) < 4.78 is 6.06. The van der Waals surface area contributed by atoms with Gasteiger partial charge in [-0.1, -0.05) is 60.7 Å². The van der Waals surface area contributed by atoms with Gasteiger partial charge in [0.1, 0.15) is 5.03 Å². The molecule has 0 unspecified atom stereocenters.